The van der Waals surface area contributed by atoms with Crippen LogP contribution in [-0.2, 0) is 9.59 Å². The highest BCUT2D eigenvalue weighted by Crippen LogP contribution is 2.27. The Hall–Kier alpha value is -2.10. The number of urea groups is 1. The lowest BCUT2D eigenvalue weighted by Gasteiger charge is -2.23. The summed E-state index contributed by atoms with van der Waals surface area (Å²) >= 11 is 0. The molecule has 1 aliphatic carbocycles. The summed E-state index contributed by atoms with van der Waals surface area (Å²) in [6, 6.07) is 1.50. The maximum absolute atomic E-state index is 11.9. The van der Waals surface area contributed by atoms with Gasteiger partial charge in [0.25, 0.3) is 0 Å². The Balaban J connectivity index is 2.53. The second-order valence-corrected chi connectivity index (χ2v) is 5.55. The van der Waals surface area contributed by atoms with Crippen LogP contribution in [0, 0.1) is 16.7 Å². The molecule has 7 nitrogen and oxygen atoms in total. The molecule has 0 atom stereocenters. The van der Waals surface area contributed by atoms with E-state index in [0.717, 1.165) is 12.8 Å². The fourth-order valence-electron chi connectivity index (χ4n) is 1.72. The summed E-state index contributed by atoms with van der Waals surface area (Å²) in [7, 11) is 0. The van der Waals surface area contributed by atoms with Crippen molar-refractivity contribution in [2.75, 3.05) is 6.54 Å². The van der Waals surface area contributed by atoms with Gasteiger partial charge in [0.15, 0.2) is 0 Å². The van der Waals surface area contributed by atoms with Crippen LogP contribution in [-0.4, -0.2) is 40.5 Å². The smallest absolute Gasteiger partial charge is 0.324 e. The number of rotatable bonds is 6. The van der Waals surface area contributed by atoms with Gasteiger partial charge in [-0.15, -0.1) is 0 Å². The molecule has 0 spiro atoms. The first kappa shape index (κ1) is 16.0. The number of hydrogen-bond donors (Lipinski definition) is 2. The minimum Gasteiger partial charge on any atom is -0.481 e. The molecule has 0 aromatic rings. The molecule has 2 N–H and O–H groups in total. The minimum atomic E-state index is -1.22. The van der Waals surface area contributed by atoms with E-state index in [1.807, 2.05) is 6.07 Å². The van der Waals surface area contributed by atoms with Crippen molar-refractivity contribution in [3.05, 3.63) is 0 Å². The van der Waals surface area contributed by atoms with Crippen LogP contribution in [0.25, 0.3) is 0 Å². The molecule has 3 amide bonds. The molecule has 0 heterocycles. The Morgan fingerprint density at radius 3 is 2.45 bits per heavy atom. The van der Waals surface area contributed by atoms with Gasteiger partial charge in [-0.1, -0.05) is 0 Å². The number of carboxylic acids is 1. The molecule has 0 bridgehead atoms. The van der Waals surface area contributed by atoms with Gasteiger partial charge in [0.1, 0.15) is 0 Å². The van der Waals surface area contributed by atoms with Gasteiger partial charge in [0.2, 0.25) is 5.91 Å². The molecule has 1 rings (SSSR count). The van der Waals surface area contributed by atoms with Gasteiger partial charge in [0.05, 0.1) is 17.9 Å². The number of nitrogens with zero attached hydrogens (tertiary/aromatic N) is 2. The van der Waals surface area contributed by atoms with Gasteiger partial charge in [-0.2, -0.15) is 5.26 Å². The van der Waals surface area contributed by atoms with E-state index in [-0.39, 0.29) is 25.4 Å². The second-order valence-electron chi connectivity index (χ2n) is 5.55. The van der Waals surface area contributed by atoms with Crippen LogP contribution in [0.4, 0.5) is 4.79 Å². The quantitative estimate of drug-likeness (QED) is 0.757. The van der Waals surface area contributed by atoms with Gasteiger partial charge >= 0.3 is 12.0 Å². The zero-order valence-corrected chi connectivity index (χ0v) is 11.7. The zero-order chi connectivity index (χ0) is 15.3. The fraction of sp³-hybridized carbons (Fsp3) is 0.692. The SMILES string of the molecule is CC(C)(CC(=O)NC(=O)N(CCC#N)C1CC1)C(=O)O. The van der Waals surface area contributed by atoms with E-state index in [9.17, 15) is 14.4 Å². The van der Waals surface area contributed by atoms with E-state index >= 15 is 0 Å². The first-order valence-corrected chi connectivity index (χ1v) is 6.48. The number of aliphatic carboxylic acids is 1. The van der Waals surface area contributed by atoms with Gasteiger partial charge < -0.3 is 10.0 Å². The molecule has 0 aromatic heterocycles. The lowest BCUT2D eigenvalue weighted by Crippen LogP contribution is -2.46. The average molecular weight is 281 g/mol. The van der Waals surface area contributed by atoms with Gasteiger partial charge in [-0.25, -0.2) is 4.79 Å². The van der Waals surface area contributed by atoms with Crippen molar-refractivity contribution in [2.24, 2.45) is 5.41 Å². The topological polar surface area (TPSA) is 111 Å². The average Bonchev–Trinajstić information content (AvgIpc) is 3.12. The van der Waals surface area contributed by atoms with Crippen LogP contribution in [0.5, 0.6) is 0 Å². The summed E-state index contributed by atoms with van der Waals surface area (Å²) in [5, 5.41) is 19.7. The third kappa shape index (κ3) is 4.53. The number of nitrogens with one attached hydrogen (secondary N) is 1. The van der Waals surface area contributed by atoms with Crippen LogP contribution in [0.3, 0.4) is 0 Å². The highest BCUT2D eigenvalue weighted by Gasteiger charge is 2.35. The number of carbonyl (C=O) groups excluding carboxylic acids is 2. The Labute approximate surface area is 117 Å². The normalized spacial score (nSPS) is 14.2. The summed E-state index contributed by atoms with van der Waals surface area (Å²) in [4.78, 5) is 36.0. The van der Waals surface area contributed by atoms with Crippen molar-refractivity contribution < 1.29 is 19.5 Å². The van der Waals surface area contributed by atoms with E-state index in [2.05, 4.69) is 5.32 Å². The second kappa shape index (κ2) is 6.37. The van der Waals surface area contributed by atoms with Crippen LogP contribution >= 0.6 is 0 Å². The van der Waals surface area contributed by atoms with Crippen molar-refractivity contribution in [1.29, 1.82) is 5.26 Å². The summed E-state index contributed by atoms with van der Waals surface area (Å²) in [5.74, 6) is -1.71. The molecule has 110 valence electrons. The number of hydrogen-bond acceptors (Lipinski definition) is 4. The number of amides is 3. The summed E-state index contributed by atoms with van der Waals surface area (Å²) in [6.45, 7) is 3.13. The predicted octanol–water partition coefficient (Wildman–Crippen LogP) is 1.10. The van der Waals surface area contributed by atoms with Crippen LogP contribution in [0.15, 0.2) is 0 Å². The molecule has 1 fully saturated rings. The van der Waals surface area contributed by atoms with Gasteiger partial charge in [-0.05, 0) is 26.7 Å². The number of imide groups is 1. The molecular weight excluding hydrogens is 262 g/mol. The van der Waals surface area contributed by atoms with Crippen molar-refractivity contribution in [3.63, 3.8) is 0 Å². The first-order chi connectivity index (χ1) is 9.27. The fourth-order valence-corrected chi connectivity index (χ4v) is 1.72. The molecule has 1 saturated carbocycles. The highest BCUT2D eigenvalue weighted by atomic mass is 16.4. The molecule has 20 heavy (non-hydrogen) atoms. The summed E-state index contributed by atoms with van der Waals surface area (Å²) in [5.41, 5.74) is -1.22. The van der Waals surface area contributed by atoms with E-state index in [0.29, 0.717) is 0 Å². The molecular formula is C13H19N3O4. The maximum Gasteiger partial charge on any atom is 0.324 e. The lowest BCUT2D eigenvalue weighted by atomic mass is 9.89. The number of carbonyl (C=O) groups is 3. The zero-order valence-electron chi connectivity index (χ0n) is 11.7. The minimum absolute atomic E-state index is 0.0867. The van der Waals surface area contributed by atoms with E-state index in [4.69, 9.17) is 10.4 Å². The standard InChI is InChI=1S/C13H19N3O4/c1-13(2,11(18)19)8-10(17)15-12(20)16(7-3-6-14)9-4-5-9/h9H,3-5,7-8H2,1-2H3,(H,18,19)(H,15,17,20). The number of nitriles is 1. The monoisotopic (exact) mass is 281 g/mol. The van der Waals surface area contributed by atoms with Gasteiger partial charge in [-0.3, -0.25) is 14.9 Å². The Kier molecular flexibility index (Phi) is 5.08. The molecule has 1 aliphatic rings. The summed E-state index contributed by atoms with van der Waals surface area (Å²) < 4.78 is 0. The van der Waals surface area contributed by atoms with Crippen molar-refractivity contribution in [2.45, 2.75) is 45.6 Å². The lowest BCUT2D eigenvalue weighted by molar-refractivity contribution is -0.149. The third-order valence-corrected chi connectivity index (χ3v) is 3.14. The Morgan fingerprint density at radius 1 is 1.40 bits per heavy atom. The van der Waals surface area contributed by atoms with Crippen LogP contribution in [0.2, 0.25) is 0 Å². The van der Waals surface area contributed by atoms with Crippen LogP contribution in [0.1, 0.15) is 39.5 Å². The van der Waals surface area contributed by atoms with Crippen molar-refractivity contribution in [1.82, 2.24) is 10.2 Å². The molecule has 0 radical (unpaired) electrons. The molecule has 7 heteroatoms. The predicted molar refractivity (Wildman–Crippen MR) is 69.5 cm³/mol. The van der Waals surface area contributed by atoms with E-state index in [1.54, 1.807) is 0 Å². The third-order valence-electron chi connectivity index (χ3n) is 3.14. The Bertz CT molecular complexity index is 449. The van der Waals surface area contributed by atoms with Crippen molar-refractivity contribution >= 4 is 17.9 Å². The Morgan fingerprint density at radius 2 is 2.00 bits per heavy atom. The molecule has 0 unspecified atom stereocenters. The summed E-state index contributed by atoms with van der Waals surface area (Å²) in [6.07, 6.45) is 1.67. The number of carboxylic acid groups (broad SMARTS) is 1. The maximum atomic E-state index is 11.9. The molecule has 0 aromatic carbocycles. The largest absolute Gasteiger partial charge is 0.481 e. The molecule has 0 saturated heterocycles. The first-order valence-electron chi connectivity index (χ1n) is 6.48. The van der Waals surface area contributed by atoms with Crippen LogP contribution < -0.4 is 5.32 Å². The van der Waals surface area contributed by atoms with E-state index < -0.39 is 23.3 Å². The molecule has 0 aliphatic heterocycles. The van der Waals surface area contributed by atoms with Crippen molar-refractivity contribution in [3.8, 4) is 6.07 Å². The highest BCUT2D eigenvalue weighted by molar-refractivity contribution is 5.96. The van der Waals surface area contributed by atoms with Gasteiger partial charge in [0, 0.05) is 19.0 Å². The van der Waals surface area contributed by atoms with E-state index in [1.165, 1.54) is 18.7 Å².